The Labute approximate surface area is 118 Å². The molecule has 1 N–H and O–H groups in total. The lowest BCUT2D eigenvalue weighted by molar-refractivity contribution is 0.607. The zero-order chi connectivity index (χ0) is 12.8. The van der Waals surface area contributed by atoms with E-state index in [0.717, 1.165) is 12.3 Å². The summed E-state index contributed by atoms with van der Waals surface area (Å²) >= 11 is 3.75. The first-order chi connectivity index (χ1) is 8.79. The molecule has 1 nitrogen and oxygen atoms in total. The van der Waals surface area contributed by atoms with Crippen LogP contribution >= 0.6 is 23.1 Å². The molecule has 3 heteroatoms. The van der Waals surface area contributed by atoms with Gasteiger partial charge in [-0.3, -0.25) is 0 Å². The Bertz CT molecular complexity index is 464. The van der Waals surface area contributed by atoms with Crippen molar-refractivity contribution in [2.75, 3.05) is 12.3 Å². The Hall–Kier alpha value is -0.770. The fourth-order valence-electron chi connectivity index (χ4n) is 1.86. The minimum Gasteiger partial charge on any atom is -0.309 e. The molecule has 96 valence electrons. The summed E-state index contributed by atoms with van der Waals surface area (Å²) in [5, 5.41) is 5.84. The molecule has 1 unspecified atom stereocenters. The molecule has 0 saturated carbocycles. The number of hydrogen-bond donors (Lipinski definition) is 1. The molecule has 0 radical (unpaired) electrons. The lowest BCUT2D eigenvalue weighted by Crippen LogP contribution is -2.22. The van der Waals surface area contributed by atoms with E-state index in [4.69, 9.17) is 0 Å². The minimum absolute atomic E-state index is 0.449. The van der Waals surface area contributed by atoms with Crippen LogP contribution in [0.1, 0.15) is 23.4 Å². The number of thiophene rings is 1. The van der Waals surface area contributed by atoms with E-state index in [1.165, 1.54) is 15.3 Å². The number of benzene rings is 1. The first-order valence-electron chi connectivity index (χ1n) is 6.26. The van der Waals surface area contributed by atoms with Crippen molar-refractivity contribution >= 4 is 23.1 Å². The zero-order valence-electron chi connectivity index (χ0n) is 10.8. The molecule has 0 bridgehead atoms. The molecule has 0 spiro atoms. The van der Waals surface area contributed by atoms with Crippen molar-refractivity contribution in [3.63, 3.8) is 0 Å². The van der Waals surface area contributed by atoms with E-state index in [-0.39, 0.29) is 0 Å². The predicted octanol–water partition coefficient (Wildman–Crippen LogP) is 4.50. The molecular formula is C15H19NS2. The van der Waals surface area contributed by atoms with Gasteiger partial charge in [-0.2, -0.15) is 0 Å². The summed E-state index contributed by atoms with van der Waals surface area (Å²) in [7, 11) is 0. The van der Waals surface area contributed by atoms with Crippen LogP contribution in [0.2, 0.25) is 0 Å². The largest absolute Gasteiger partial charge is 0.309 e. The average Bonchev–Trinajstić information content (AvgIpc) is 2.82. The number of aryl methyl sites for hydroxylation is 1. The van der Waals surface area contributed by atoms with Gasteiger partial charge >= 0.3 is 0 Å². The normalized spacial score (nSPS) is 12.6. The van der Waals surface area contributed by atoms with Crippen LogP contribution in [0.5, 0.6) is 0 Å². The van der Waals surface area contributed by atoms with Gasteiger partial charge in [0.25, 0.3) is 0 Å². The van der Waals surface area contributed by atoms with Gasteiger partial charge in [0.15, 0.2) is 0 Å². The molecule has 18 heavy (non-hydrogen) atoms. The lowest BCUT2D eigenvalue weighted by Gasteiger charge is -2.16. The van der Waals surface area contributed by atoms with Crippen molar-refractivity contribution in [1.29, 1.82) is 0 Å². The molecule has 1 heterocycles. The molecule has 0 saturated heterocycles. The monoisotopic (exact) mass is 277 g/mol. The topological polar surface area (TPSA) is 12.0 Å². The van der Waals surface area contributed by atoms with Crippen LogP contribution in [0, 0.1) is 6.92 Å². The summed E-state index contributed by atoms with van der Waals surface area (Å²) in [4.78, 5) is 2.73. The maximum absolute atomic E-state index is 3.57. The quantitative estimate of drug-likeness (QED) is 0.780. The molecule has 0 aliphatic heterocycles. The maximum Gasteiger partial charge on any atom is 0.0423 e. The maximum atomic E-state index is 3.57. The molecule has 0 amide bonds. The molecule has 2 aromatic rings. The van der Waals surface area contributed by atoms with Gasteiger partial charge in [-0.25, -0.2) is 0 Å². The number of nitrogens with one attached hydrogen (secondary N) is 1. The van der Waals surface area contributed by atoms with Crippen molar-refractivity contribution in [3.05, 3.63) is 52.2 Å². The second-order valence-corrected chi connectivity index (χ2v) is 6.43. The molecule has 1 aromatic heterocycles. The van der Waals surface area contributed by atoms with Crippen LogP contribution in [0.3, 0.4) is 0 Å². The van der Waals surface area contributed by atoms with Gasteiger partial charge in [0.05, 0.1) is 0 Å². The Balaban J connectivity index is 1.98. The third-order valence-corrected chi connectivity index (χ3v) is 4.75. The highest BCUT2D eigenvalue weighted by Crippen LogP contribution is 2.27. The van der Waals surface area contributed by atoms with Crippen molar-refractivity contribution in [3.8, 4) is 0 Å². The standard InChI is InChI=1S/C15H19NS2/c1-3-16-15(13-9-12(2)17-10-13)11-18-14-7-5-4-6-8-14/h4-10,15-16H,3,11H2,1-2H3. The first-order valence-corrected chi connectivity index (χ1v) is 8.12. The first kappa shape index (κ1) is 13.7. The Kier molecular flexibility index (Phi) is 5.29. The molecule has 0 aliphatic carbocycles. The van der Waals surface area contributed by atoms with Gasteiger partial charge in [0, 0.05) is 21.6 Å². The molecule has 0 fully saturated rings. The molecule has 1 aromatic carbocycles. The highest BCUT2D eigenvalue weighted by molar-refractivity contribution is 7.99. The van der Waals surface area contributed by atoms with Gasteiger partial charge < -0.3 is 5.32 Å². The van der Waals surface area contributed by atoms with Gasteiger partial charge in [0.2, 0.25) is 0 Å². The van der Waals surface area contributed by atoms with Crippen LogP contribution in [-0.4, -0.2) is 12.3 Å². The second kappa shape index (κ2) is 6.98. The average molecular weight is 277 g/mol. The second-order valence-electron chi connectivity index (χ2n) is 4.23. The van der Waals surface area contributed by atoms with Crippen LogP contribution in [0.4, 0.5) is 0 Å². The summed E-state index contributed by atoms with van der Waals surface area (Å²) < 4.78 is 0. The van der Waals surface area contributed by atoms with Crippen LogP contribution in [0.15, 0.2) is 46.7 Å². The minimum atomic E-state index is 0.449. The van der Waals surface area contributed by atoms with E-state index in [1.54, 1.807) is 0 Å². The Morgan fingerprint density at radius 3 is 2.67 bits per heavy atom. The molecule has 2 rings (SSSR count). The Morgan fingerprint density at radius 2 is 2.06 bits per heavy atom. The van der Waals surface area contributed by atoms with E-state index in [1.807, 2.05) is 23.1 Å². The van der Waals surface area contributed by atoms with Crippen LogP contribution in [0.25, 0.3) is 0 Å². The van der Waals surface area contributed by atoms with Crippen molar-refractivity contribution < 1.29 is 0 Å². The summed E-state index contributed by atoms with van der Waals surface area (Å²) in [6.07, 6.45) is 0. The predicted molar refractivity (Wildman–Crippen MR) is 82.6 cm³/mol. The molecule has 1 atom stereocenters. The van der Waals surface area contributed by atoms with Crippen molar-refractivity contribution in [2.45, 2.75) is 24.8 Å². The van der Waals surface area contributed by atoms with Gasteiger partial charge in [-0.1, -0.05) is 25.1 Å². The highest BCUT2D eigenvalue weighted by atomic mass is 32.2. The highest BCUT2D eigenvalue weighted by Gasteiger charge is 2.11. The van der Waals surface area contributed by atoms with Crippen LogP contribution in [-0.2, 0) is 0 Å². The third kappa shape index (κ3) is 3.87. The van der Waals surface area contributed by atoms with Crippen molar-refractivity contribution in [1.82, 2.24) is 5.32 Å². The lowest BCUT2D eigenvalue weighted by atomic mass is 10.2. The number of thioether (sulfide) groups is 1. The van der Waals surface area contributed by atoms with Gasteiger partial charge in [-0.05, 0) is 42.6 Å². The summed E-state index contributed by atoms with van der Waals surface area (Å²) in [5.74, 6) is 1.08. The third-order valence-electron chi connectivity index (χ3n) is 2.76. The van der Waals surface area contributed by atoms with E-state index < -0.39 is 0 Å². The van der Waals surface area contributed by atoms with Crippen LogP contribution < -0.4 is 5.32 Å². The summed E-state index contributed by atoms with van der Waals surface area (Å²) in [5.41, 5.74) is 1.42. The molecule has 0 aliphatic rings. The SMILES string of the molecule is CCNC(CSc1ccccc1)c1csc(C)c1. The smallest absolute Gasteiger partial charge is 0.0423 e. The molecular weight excluding hydrogens is 258 g/mol. The van der Waals surface area contributed by atoms with Gasteiger partial charge in [0.1, 0.15) is 0 Å². The van der Waals surface area contributed by atoms with E-state index in [9.17, 15) is 0 Å². The summed E-state index contributed by atoms with van der Waals surface area (Å²) in [6, 6.07) is 13.3. The number of hydrogen-bond acceptors (Lipinski definition) is 3. The van der Waals surface area contributed by atoms with Crippen molar-refractivity contribution in [2.24, 2.45) is 0 Å². The van der Waals surface area contributed by atoms with E-state index >= 15 is 0 Å². The fourth-order valence-corrected chi connectivity index (χ4v) is 3.64. The Morgan fingerprint density at radius 1 is 1.28 bits per heavy atom. The van der Waals surface area contributed by atoms with E-state index in [0.29, 0.717) is 6.04 Å². The van der Waals surface area contributed by atoms with Gasteiger partial charge in [-0.15, -0.1) is 23.1 Å². The zero-order valence-corrected chi connectivity index (χ0v) is 12.5. The number of rotatable bonds is 6. The van der Waals surface area contributed by atoms with E-state index in [2.05, 4.69) is 60.9 Å². The fraction of sp³-hybridized carbons (Fsp3) is 0.333. The summed E-state index contributed by atoms with van der Waals surface area (Å²) in [6.45, 7) is 5.34.